The first-order chi connectivity index (χ1) is 11.4. The van der Waals surface area contributed by atoms with Crippen LogP contribution in [-0.2, 0) is 21.2 Å². The molecule has 0 saturated carbocycles. The summed E-state index contributed by atoms with van der Waals surface area (Å²) in [5.74, 6) is -0.155. The van der Waals surface area contributed by atoms with Crippen LogP contribution in [0.5, 0.6) is 0 Å². The maximum Gasteiger partial charge on any atom is 0.243 e. The highest BCUT2D eigenvalue weighted by molar-refractivity contribution is 7.89. The van der Waals surface area contributed by atoms with Crippen molar-refractivity contribution in [2.45, 2.75) is 32.1 Å². The number of hydrogen-bond donors (Lipinski definition) is 1. The number of hydrogen-bond acceptors (Lipinski definition) is 4. The van der Waals surface area contributed by atoms with Crippen molar-refractivity contribution in [2.75, 3.05) is 18.4 Å². The molecule has 1 aromatic carbocycles. The fourth-order valence-corrected chi connectivity index (χ4v) is 4.56. The van der Waals surface area contributed by atoms with Crippen LogP contribution in [0.4, 0.5) is 5.69 Å². The van der Waals surface area contributed by atoms with Gasteiger partial charge in [-0.1, -0.05) is 26.0 Å². The SMILES string of the molecule is CCN(CC)S(=O)(=O)c1ccc(C)c(NC(=O)Cc2cccs2)c1. The van der Waals surface area contributed by atoms with Gasteiger partial charge in [-0.3, -0.25) is 4.79 Å². The first kappa shape index (κ1) is 18.6. The van der Waals surface area contributed by atoms with Gasteiger partial charge in [-0.25, -0.2) is 8.42 Å². The van der Waals surface area contributed by atoms with Crippen molar-refractivity contribution in [1.29, 1.82) is 0 Å². The van der Waals surface area contributed by atoms with Crippen LogP contribution in [0, 0.1) is 6.92 Å². The summed E-state index contributed by atoms with van der Waals surface area (Å²) >= 11 is 1.52. The molecule has 1 N–H and O–H groups in total. The number of nitrogens with one attached hydrogen (secondary N) is 1. The fraction of sp³-hybridized carbons (Fsp3) is 0.353. The molecule has 0 aliphatic carbocycles. The lowest BCUT2D eigenvalue weighted by Gasteiger charge is -2.19. The maximum absolute atomic E-state index is 12.6. The molecule has 2 rings (SSSR count). The average molecular weight is 367 g/mol. The number of sulfonamides is 1. The standard InChI is InChI=1S/C17H22N2O3S2/c1-4-19(5-2)24(21,22)15-9-8-13(3)16(12-15)18-17(20)11-14-7-6-10-23-14/h6-10,12H,4-5,11H2,1-3H3,(H,18,20). The molecular formula is C17H22N2O3S2. The number of rotatable bonds is 7. The zero-order valence-corrected chi connectivity index (χ0v) is 15.7. The van der Waals surface area contributed by atoms with Crippen LogP contribution in [0.2, 0.25) is 0 Å². The van der Waals surface area contributed by atoms with Gasteiger partial charge in [0.15, 0.2) is 0 Å². The molecule has 0 unspecified atom stereocenters. The van der Waals surface area contributed by atoms with Gasteiger partial charge in [0.2, 0.25) is 15.9 Å². The van der Waals surface area contributed by atoms with Crippen LogP contribution >= 0.6 is 11.3 Å². The van der Waals surface area contributed by atoms with Crippen LogP contribution in [0.25, 0.3) is 0 Å². The summed E-state index contributed by atoms with van der Waals surface area (Å²) in [7, 11) is -3.54. The number of benzene rings is 1. The Morgan fingerprint density at radius 1 is 1.21 bits per heavy atom. The van der Waals surface area contributed by atoms with Gasteiger partial charge in [-0.2, -0.15) is 4.31 Å². The number of amides is 1. The van der Waals surface area contributed by atoms with Gasteiger partial charge in [-0.05, 0) is 36.1 Å². The van der Waals surface area contributed by atoms with E-state index in [0.29, 0.717) is 18.8 Å². The van der Waals surface area contributed by atoms with Gasteiger partial charge in [-0.15, -0.1) is 11.3 Å². The minimum Gasteiger partial charge on any atom is -0.325 e. The van der Waals surface area contributed by atoms with Crippen molar-refractivity contribution in [3.63, 3.8) is 0 Å². The van der Waals surface area contributed by atoms with E-state index in [1.165, 1.54) is 21.7 Å². The topological polar surface area (TPSA) is 66.5 Å². The van der Waals surface area contributed by atoms with E-state index in [0.717, 1.165) is 10.4 Å². The Morgan fingerprint density at radius 3 is 2.50 bits per heavy atom. The first-order valence-corrected chi connectivity index (χ1v) is 10.1. The van der Waals surface area contributed by atoms with Gasteiger partial charge >= 0.3 is 0 Å². The highest BCUT2D eigenvalue weighted by Gasteiger charge is 2.22. The van der Waals surface area contributed by atoms with Crippen LogP contribution in [0.15, 0.2) is 40.6 Å². The summed E-state index contributed by atoms with van der Waals surface area (Å²) in [4.78, 5) is 13.3. The van der Waals surface area contributed by atoms with Crippen molar-refractivity contribution in [2.24, 2.45) is 0 Å². The minimum atomic E-state index is -3.54. The molecule has 1 aromatic heterocycles. The lowest BCUT2D eigenvalue weighted by atomic mass is 10.2. The van der Waals surface area contributed by atoms with Gasteiger partial charge in [0.1, 0.15) is 0 Å². The van der Waals surface area contributed by atoms with E-state index < -0.39 is 10.0 Å². The summed E-state index contributed by atoms with van der Waals surface area (Å²) in [5.41, 5.74) is 1.36. The van der Waals surface area contributed by atoms with E-state index >= 15 is 0 Å². The van der Waals surface area contributed by atoms with Crippen molar-refractivity contribution >= 4 is 33.0 Å². The molecule has 5 nitrogen and oxygen atoms in total. The third-order valence-electron chi connectivity index (χ3n) is 3.74. The monoisotopic (exact) mass is 366 g/mol. The Labute approximate surface area is 147 Å². The molecule has 0 saturated heterocycles. The zero-order chi connectivity index (χ0) is 17.7. The van der Waals surface area contributed by atoms with E-state index in [-0.39, 0.29) is 17.2 Å². The molecule has 1 heterocycles. The number of carbonyl (C=O) groups excluding carboxylic acids is 1. The smallest absolute Gasteiger partial charge is 0.243 e. The Hall–Kier alpha value is -1.70. The molecule has 0 aliphatic heterocycles. The van der Waals surface area contributed by atoms with Crippen molar-refractivity contribution in [3.8, 4) is 0 Å². The lowest BCUT2D eigenvalue weighted by Crippen LogP contribution is -2.30. The van der Waals surface area contributed by atoms with E-state index in [1.54, 1.807) is 26.0 Å². The second-order valence-corrected chi connectivity index (χ2v) is 8.34. The second-order valence-electron chi connectivity index (χ2n) is 5.37. The molecule has 130 valence electrons. The van der Waals surface area contributed by atoms with Gasteiger partial charge in [0.05, 0.1) is 11.3 Å². The number of carbonyl (C=O) groups is 1. The van der Waals surface area contributed by atoms with Crippen LogP contribution in [0.3, 0.4) is 0 Å². The molecule has 24 heavy (non-hydrogen) atoms. The molecule has 0 bridgehead atoms. The van der Waals surface area contributed by atoms with Gasteiger partial charge < -0.3 is 5.32 Å². The number of anilines is 1. The Balaban J connectivity index is 2.24. The zero-order valence-electron chi connectivity index (χ0n) is 14.1. The summed E-state index contributed by atoms with van der Waals surface area (Å²) in [6.45, 7) is 6.27. The van der Waals surface area contributed by atoms with E-state index in [2.05, 4.69) is 5.32 Å². The maximum atomic E-state index is 12.6. The quantitative estimate of drug-likeness (QED) is 0.818. The third kappa shape index (κ3) is 4.23. The van der Waals surface area contributed by atoms with E-state index in [9.17, 15) is 13.2 Å². The van der Waals surface area contributed by atoms with Crippen molar-refractivity contribution in [1.82, 2.24) is 4.31 Å². The Kier molecular flexibility index (Phi) is 6.15. The molecule has 1 amide bonds. The molecule has 7 heteroatoms. The fourth-order valence-electron chi connectivity index (χ4n) is 2.37. The first-order valence-electron chi connectivity index (χ1n) is 7.81. The van der Waals surface area contributed by atoms with Gasteiger partial charge in [0.25, 0.3) is 0 Å². The molecule has 0 radical (unpaired) electrons. The Morgan fingerprint density at radius 2 is 1.92 bits per heavy atom. The predicted octanol–water partition coefficient (Wildman–Crippen LogP) is 3.27. The average Bonchev–Trinajstić information content (AvgIpc) is 3.03. The Bertz CT molecular complexity index is 795. The largest absolute Gasteiger partial charge is 0.325 e. The summed E-state index contributed by atoms with van der Waals surface area (Å²) in [5, 5.41) is 4.74. The van der Waals surface area contributed by atoms with Crippen molar-refractivity contribution < 1.29 is 13.2 Å². The lowest BCUT2D eigenvalue weighted by molar-refractivity contribution is -0.115. The molecular weight excluding hydrogens is 344 g/mol. The summed E-state index contributed by atoms with van der Waals surface area (Å²) < 4.78 is 26.6. The third-order valence-corrected chi connectivity index (χ3v) is 6.66. The summed E-state index contributed by atoms with van der Waals surface area (Å²) in [6, 6.07) is 8.64. The predicted molar refractivity (Wildman–Crippen MR) is 97.9 cm³/mol. The summed E-state index contributed by atoms with van der Waals surface area (Å²) in [6.07, 6.45) is 0.282. The van der Waals surface area contributed by atoms with Crippen LogP contribution in [-0.4, -0.2) is 31.7 Å². The second kappa shape index (κ2) is 7.92. The molecule has 0 fully saturated rings. The number of aryl methyl sites for hydroxylation is 1. The molecule has 0 atom stereocenters. The van der Waals surface area contributed by atoms with Crippen molar-refractivity contribution in [3.05, 3.63) is 46.2 Å². The highest BCUT2D eigenvalue weighted by atomic mass is 32.2. The number of nitrogens with zero attached hydrogens (tertiary/aromatic N) is 1. The molecule has 0 spiro atoms. The molecule has 2 aromatic rings. The minimum absolute atomic E-state index is 0.155. The number of thiophene rings is 1. The van der Waals surface area contributed by atoms with E-state index in [4.69, 9.17) is 0 Å². The van der Waals surface area contributed by atoms with Gasteiger partial charge in [0, 0.05) is 23.7 Å². The van der Waals surface area contributed by atoms with Crippen LogP contribution in [0.1, 0.15) is 24.3 Å². The molecule has 0 aliphatic rings. The van der Waals surface area contributed by atoms with E-state index in [1.807, 2.05) is 24.4 Å². The van der Waals surface area contributed by atoms with Crippen LogP contribution < -0.4 is 5.32 Å². The normalized spacial score (nSPS) is 11.7. The highest BCUT2D eigenvalue weighted by Crippen LogP contribution is 2.23.